The number of primary amides is 1. The number of hydrogen-bond donors (Lipinski definition) is 1. The van der Waals surface area contributed by atoms with Crippen LogP contribution in [0.25, 0.3) is 17.1 Å². The molecule has 5 heteroatoms. The van der Waals surface area contributed by atoms with Crippen molar-refractivity contribution in [2.45, 2.75) is 6.92 Å². The van der Waals surface area contributed by atoms with E-state index in [4.69, 9.17) is 5.73 Å². The van der Waals surface area contributed by atoms with Gasteiger partial charge in [0.1, 0.15) is 0 Å². The summed E-state index contributed by atoms with van der Waals surface area (Å²) in [4.78, 5) is 15.6. The number of pyridine rings is 1. The van der Waals surface area contributed by atoms with Gasteiger partial charge in [0.2, 0.25) is 0 Å². The summed E-state index contributed by atoms with van der Waals surface area (Å²) in [7, 11) is 1.80. The molecule has 0 unspecified atom stereocenters. The van der Waals surface area contributed by atoms with Gasteiger partial charge >= 0.3 is 0 Å². The Morgan fingerprint density at radius 1 is 1.62 bits per heavy atom. The lowest BCUT2D eigenvalue weighted by Crippen LogP contribution is -2.13. The van der Waals surface area contributed by atoms with Gasteiger partial charge in [-0.05, 0) is 19.1 Å². The van der Waals surface area contributed by atoms with Crippen molar-refractivity contribution in [2.24, 2.45) is 12.8 Å². The second kappa shape index (κ2) is 3.44. The van der Waals surface area contributed by atoms with Crippen molar-refractivity contribution < 1.29 is 4.79 Å². The molecule has 0 aliphatic heterocycles. The van der Waals surface area contributed by atoms with Crippen LogP contribution in [-0.4, -0.2) is 20.7 Å². The van der Waals surface area contributed by atoms with E-state index >= 15 is 0 Å². The Morgan fingerprint density at radius 3 is 2.88 bits per heavy atom. The molecule has 1 amide bonds. The van der Waals surface area contributed by atoms with Crippen molar-refractivity contribution >= 4 is 23.0 Å². The monoisotopic (exact) mass is 216 g/mol. The minimum atomic E-state index is -0.507. The first kappa shape index (κ1) is 10.4. The molecule has 0 aromatic carbocycles. The lowest BCUT2D eigenvalue weighted by molar-refractivity contribution is 0.1000. The van der Waals surface area contributed by atoms with E-state index < -0.39 is 5.91 Å². The summed E-state index contributed by atoms with van der Waals surface area (Å²) in [5, 5.41) is 5.07. The van der Waals surface area contributed by atoms with Crippen LogP contribution in [0.1, 0.15) is 21.7 Å². The lowest BCUT2D eigenvalue weighted by atomic mass is 10.1. The number of carbonyl (C=O) groups excluding carboxylic acids is 1. The zero-order valence-corrected chi connectivity index (χ0v) is 9.19. The molecule has 2 heterocycles. The van der Waals surface area contributed by atoms with Gasteiger partial charge in [0.05, 0.1) is 17.0 Å². The van der Waals surface area contributed by atoms with Gasteiger partial charge in [-0.25, -0.2) is 4.98 Å². The molecule has 0 saturated heterocycles. The number of fused-ring (bicyclic) bond motifs is 1. The van der Waals surface area contributed by atoms with Gasteiger partial charge < -0.3 is 5.73 Å². The maximum absolute atomic E-state index is 11.2. The average Bonchev–Trinajstić information content (AvgIpc) is 2.52. The van der Waals surface area contributed by atoms with E-state index in [1.165, 1.54) is 6.08 Å². The normalized spacial score (nSPS) is 10.6. The summed E-state index contributed by atoms with van der Waals surface area (Å²) in [6.45, 7) is 5.48. The van der Waals surface area contributed by atoms with E-state index in [1.54, 1.807) is 17.8 Å². The minimum Gasteiger partial charge on any atom is -0.366 e. The lowest BCUT2D eigenvalue weighted by Gasteiger charge is -2.02. The predicted molar refractivity (Wildman–Crippen MR) is 61.9 cm³/mol. The molecule has 0 saturated carbocycles. The van der Waals surface area contributed by atoms with E-state index in [0.29, 0.717) is 11.3 Å². The molecule has 2 aromatic heterocycles. The van der Waals surface area contributed by atoms with Crippen LogP contribution in [0.3, 0.4) is 0 Å². The number of rotatable bonds is 2. The molecule has 2 aromatic rings. The van der Waals surface area contributed by atoms with Gasteiger partial charge in [-0.15, -0.1) is 0 Å². The molecule has 5 nitrogen and oxygen atoms in total. The number of nitrogens with zero attached hydrogens (tertiary/aromatic N) is 3. The highest BCUT2D eigenvalue weighted by molar-refractivity contribution is 5.99. The molecule has 0 fully saturated rings. The first-order chi connectivity index (χ1) is 7.54. The first-order valence-corrected chi connectivity index (χ1v) is 4.81. The third kappa shape index (κ3) is 1.37. The van der Waals surface area contributed by atoms with Gasteiger partial charge in [-0.3, -0.25) is 9.48 Å². The molecule has 0 radical (unpaired) electrons. The average molecular weight is 216 g/mol. The van der Waals surface area contributed by atoms with Crippen LogP contribution in [-0.2, 0) is 7.05 Å². The van der Waals surface area contributed by atoms with E-state index in [-0.39, 0.29) is 0 Å². The summed E-state index contributed by atoms with van der Waals surface area (Å²) in [5.41, 5.74) is 7.69. The fraction of sp³-hybridized carbons (Fsp3) is 0.182. The van der Waals surface area contributed by atoms with Crippen LogP contribution in [0.15, 0.2) is 12.6 Å². The Hall–Kier alpha value is -2.17. The summed E-state index contributed by atoms with van der Waals surface area (Å²) in [6, 6.07) is 1.71. The first-order valence-electron chi connectivity index (χ1n) is 4.81. The Kier molecular flexibility index (Phi) is 2.23. The summed E-state index contributed by atoms with van der Waals surface area (Å²) in [6.07, 6.45) is 1.52. The molecular weight excluding hydrogens is 204 g/mol. The van der Waals surface area contributed by atoms with Gasteiger partial charge in [0.15, 0.2) is 5.65 Å². The minimum absolute atomic E-state index is 0.374. The Morgan fingerprint density at radius 2 is 2.31 bits per heavy atom. The molecule has 16 heavy (non-hydrogen) atoms. The third-order valence-electron chi connectivity index (χ3n) is 2.49. The van der Waals surface area contributed by atoms with Crippen LogP contribution in [0.2, 0.25) is 0 Å². The fourth-order valence-corrected chi connectivity index (χ4v) is 1.71. The van der Waals surface area contributed by atoms with E-state index in [9.17, 15) is 4.79 Å². The molecule has 2 rings (SSSR count). The zero-order chi connectivity index (χ0) is 11.9. The van der Waals surface area contributed by atoms with E-state index in [2.05, 4.69) is 16.7 Å². The van der Waals surface area contributed by atoms with E-state index in [1.807, 2.05) is 6.92 Å². The number of aryl methyl sites for hydroxylation is 2. The van der Waals surface area contributed by atoms with Crippen molar-refractivity contribution in [3.63, 3.8) is 0 Å². The number of amides is 1. The SMILES string of the molecule is C=Cc1nc2c(cc1C(N)=O)c(C)nn2C. The zero-order valence-electron chi connectivity index (χ0n) is 9.19. The van der Waals surface area contributed by atoms with Crippen LogP contribution in [0.4, 0.5) is 0 Å². The highest BCUT2D eigenvalue weighted by Gasteiger charge is 2.13. The van der Waals surface area contributed by atoms with Crippen molar-refractivity contribution in [3.05, 3.63) is 29.6 Å². The van der Waals surface area contributed by atoms with Gasteiger partial charge in [0, 0.05) is 12.4 Å². The smallest absolute Gasteiger partial charge is 0.250 e. The summed E-state index contributed by atoms with van der Waals surface area (Å²) < 4.78 is 1.67. The molecule has 0 aliphatic carbocycles. The number of carbonyl (C=O) groups is 1. The van der Waals surface area contributed by atoms with Crippen LogP contribution in [0, 0.1) is 6.92 Å². The van der Waals surface area contributed by atoms with E-state index in [0.717, 1.165) is 16.7 Å². The second-order valence-electron chi connectivity index (χ2n) is 3.57. The standard InChI is InChI=1S/C11H12N4O/c1-4-9-8(10(12)16)5-7-6(2)14-15(3)11(7)13-9/h4-5H,1H2,2-3H3,(H2,12,16). The Labute approximate surface area is 92.6 Å². The topological polar surface area (TPSA) is 73.8 Å². The Bertz CT molecular complexity index is 598. The van der Waals surface area contributed by atoms with Gasteiger partial charge in [-0.2, -0.15) is 5.10 Å². The van der Waals surface area contributed by atoms with Crippen molar-refractivity contribution in [1.29, 1.82) is 0 Å². The van der Waals surface area contributed by atoms with Crippen LogP contribution < -0.4 is 5.73 Å². The van der Waals surface area contributed by atoms with Crippen LogP contribution >= 0.6 is 0 Å². The molecule has 2 N–H and O–H groups in total. The maximum atomic E-state index is 11.2. The van der Waals surface area contributed by atoms with Gasteiger partial charge in [-0.1, -0.05) is 6.58 Å². The largest absolute Gasteiger partial charge is 0.366 e. The maximum Gasteiger partial charge on any atom is 0.250 e. The molecular formula is C11H12N4O. The van der Waals surface area contributed by atoms with Crippen molar-refractivity contribution in [1.82, 2.24) is 14.8 Å². The summed E-state index contributed by atoms with van der Waals surface area (Å²) >= 11 is 0. The summed E-state index contributed by atoms with van der Waals surface area (Å²) in [5.74, 6) is -0.507. The number of hydrogen-bond acceptors (Lipinski definition) is 3. The quantitative estimate of drug-likeness (QED) is 0.814. The number of nitrogens with two attached hydrogens (primary N) is 1. The fourth-order valence-electron chi connectivity index (χ4n) is 1.71. The molecule has 0 bridgehead atoms. The molecule has 0 aliphatic rings. The molecule has 0 spiro atoms. The number of aromatic nitrogens is 3. The molecule has 82 valence electrons. The van der Waals surface area contributed by atoms with Gasteiger partial charge in [0.25, 0.3) is 5.91 Å². The second-order valence-corrected chi connectivity index (χ2v) is 3.57. The predicted octanol–water partition coefficient (Wildman–Crippen LogP) is 1.02. The molecule has 0 atom stereocenters. The van der Waals surface area contributed by atoms with Crippen molar-refractivity contribution in [2.75, 3.05) is 0 Å². The van der Waals surface area contributed by atoms with Crippen LogP contribution in [0.5, 0.6) is 0 Å². The third-order valence-corrected chi connectivity index (χ3v) is 2.49. The van der Waals surface area contributed by atoms with Crippen molar-refractivity contribution in [3.8, 4) is 0 Å². The highest BCUT2D eigenvalue weighted by Crippen LogP contribution is 2.19. The Balaban J connectivity index is 2.88. The highest BCUT2D eigenvalue weighted by atomic mass is 16.1.